The fourth-order valence-corrected chi connectivity index (χ4v) is 5.36. The summed E-state index contributed by atoms with van der Waals surface area (Å²) >= 11 is 0. The molecule has 5 nitrogen and oxygen atoms in total. The SMILES string of the molecule is COC1=CC=C[SH]1c1ccccc1CN1CCN(c2ncccn2)CC1. The van der Waals surface area contributed by atoms with Gasteiger partial charge in [0, 0.05) is 50.0 Å². The molecule has 0 aliphatic carbocycles. The van der Waals surface area contributed by atoms with E-state index in [0.717, 1.165) is 43.8 Å². The molecule has 0 amide bonds. The van der Waals surface area contributed by atoms with Gasteiger partial charge >= 0.3 is 0 Å². The molecule has 1 atom stereocenters. The molecule has 1 unspecified atom stereocenters. The first-order chi connectivity index (χ1) is 12.8. The second-order valence-corrected chi connectivity index (χ2v) is 8.32. The van der Waals surface area contributed by atoms with E-state index in [9.17, 15) is 0 Å². The number of nitrogens with zero attached hydrogens (tertiary/aromatic N) is 4. The van der Waals surface area contributed by atoms with Gasteiger partial charge in [0.2, 0.25) is 5.95 Å². The van der Waals surface area contributed by atoms with Crippen LogP contribution in [-0.2, 0) is 11.3 Å². The summed E-state index contributed by atoms with van der Waals surface area (Å²) in [6.07, 6.45) is 7.81. The number of anilines is 1. The fraction of sp³-hybridized carbons (Fsp3) is 0.300. The Morgan fingerprint density at radius 1 is 1.04 bits per heavy atom. The zero-order chi connectivity index (χ0) is 17.8. The molecule has 1 aromatic carbocycles. The molecule has 0 radical (unpaired) electrons. The molecule has 0 saturated carbocycles. The number of allylic oxidation sites excluding steroid dienone is 2. The van der Waals surface area contributed by atoms with Gasteiger partial charge in [-0.3, -0.25) is 4.90 Å². The molecule has 6 heteroatoms. The van der Waals surface area contributed by atoms with Gasteiger partial charge in [-0.15, -0.1) is 10.9 Å². The Labute approximate surface area is 157 Å². The molecule has 136 valence electrons. The highest BCUT2D eigenvalue weighted by atomic mass is 32.2. The van der Waals surface area contributed by atoms with E-state index >= 15 is 0 Å². The quantitative estimate of drug-likeness (QED) is 0.821. The average Bonchev–Trinajstić information content (AvgIpc) is 3.18. The second kappa shape index (κ2) is 7.93. The standard InChI is InChI=1S/C20H24N4OS/c1-25-19-8-4-15-26(19)18-7-3-2-6-17(18)16-23-11-13-24(14-12-23)20-21-9-5-10-22-20/h2-10,15,26H,11-14,16H2,1H3. The van der Waals surface area contributed by atoms with Crippen LogP contribution in [0, 0.1) is 0 Å². The van der Waals surface area contributed by atoms with Crippen molar-refractivity contribution in [2.75, 3.05) is 38.2 Å². The molecule has 1 aromatic heterocycles. The third-order valence-corrected chi connectivity index (χ3v) is 7.01. The lowest BCUT2D eigenvalue weighted by molar-refractivity contribution is 0.247. The first-order valence-electron chi connectivity index (χ1n) is 8.89. The van der Waals surface area contributed by atoms with E-state index in [1.54, 1.807) is 7.11 Å². The summed E-state index contributed by atoms with van der Waals surface area (Å²) in [6.45, 7) is 4.94. The minimum atomic E-state index is -0.495. The molecule has 2 aliphatic rings. The Bertz CT molecular complexity index is 800. The number of hydrogen-bond donors (Lipinski definition) is 1. The maximum Gasteiger partial charge on any atom is 0.225 e. The van der Waals surface area contributed by atoms with Crippen molar-refractivity contribution in [1.82, 2.24) is 14.9 Å². The van der Waals surface area contributed by atoms with Gasteiger partial charge in [0.05, 0.1) is 7.11 Å². The van der Waals surface area contributed by atoms with Crippen molar-refractivity contribution in [2.45, 2.75) is 11.4 Å². The number of benzene rings is 1. The Kier molecular flexibility index (Phi) is 5.22. The Balaban J connectivity index is 1.43. The van der Waals surface area contributed by atoms with Crippen LogP contribution < -0.4 is 4.90 Å². The van der Waals surface area contributed by atoms with Crippen LogP contribution in [0.2, 0.25) is 0 Å². The Hall–Kier alpha value is -2.31. The topological polar surface area (TPSA) is 41.5 Å². The first-order valence-corrected chi connectivity index (χ1v) is 10.3. The van der Waals surface area contributed by atoms with Gasteiger partial charge < -0.3 is 9.64 Å². The zero-order valence-corrected chi connectivity index (χ0v) is 15.8. The van der Waals surface area contributed by atoms with Crippen molar-refractivity contribution in [3.8, 4) is 0 Å². The summed E-state index contributed by atoms with van der Waals surface area (Å²) < 4.78 is 5.58. The molecular formula is C20H24N4OS. The molecular weight excluding hydrogens is 344 g/mol. The summed E-state index contributed by atoms with van der Waals surface area (Å²) in [5, 5.41) is 3.36. The number of ether oxygens (including phenoxy) is 1. The maximum absolute atomic E-state index is 5.58. The van der Waals surface area contributed by atoms with Crippen LogP contribution in [0.15, 0.2) is 70.3 Å². The maximum atomic E-state index is 5.58. The molecule has 1 fully saturated rings. The van der Waals surface area contributed by atoms with Gasteiger partial charge in [0.1, 0.15) is 5.09 Å². The highest BCUT2D eigenvalue weighted by molar-refractivity contribution is 8.23. The lowest BCUT2D eigenvalue weighted by Gasteiger charge is -2.35. The normalized spacial score (nSPS) is 21.7. The van der Waals surface area contributed by atoms with Crippen LogP contribution in [-0.4, -0.2) is 48.2 Å². The predicted molar refractivity (Wildman–Crippen MR) is 107 cm³/mol. The van der Waals surface area contributed by atoms with Crippen LogP contribution in [0.1, 0.15) is 5.56 Å². The third-order valence-electron chi connectivity index (χ3n) is 4.77. The van der Waals surface area contributed by atoms with E-state index in [1.165, 1.54) is 10.5 Å². The highest BCUT2D eigenvalue weighted by Crippen LogP contribution is 2.50. The summed E-state index contributed by atoms with van der Waals surface area (Å²) in [5.41, 5.74) is 1.40. The van der Waals surface area contributed by atoms with Crippen molar-refractivity contribution in [1.29, 1.82) is 0 Å². The number of methoxy groups -OCH3 is 1. The summed E-state index contributed by atoms with van der Waals surface area (Å²) in [5.74, 6) is 0.835. The number of thiol groups is 1. The van der Waals surface area contributed by atoms with Gasteiger partial charge in [-0.1, -0.05) is 24.3 Å². The number of rotatable bonds is 5. The smallest absolute Gasteiger partial charge is 0.225 e. The fourth-order valence-electron chi connectivity index (χ4n) is 3.41. The predicted octanol–water partition coefficient (Wildman–Crippen LogP) is 3.17. The molecule has 0 spiro atoms. The molecule has 1 saturated heterocycles. The van der Waals surface area contributed by atoms with Gasteiger partial charge in [0.15, 0.2) is 0 Å². The van der Waals surface area contributed by atoms with Crippen molar-refractivity contribution in [3.05, 3.63) is 70.9 Å². The van der Waals surface area contributed by atoms with E-state index in [0.29, 0.717) is 0 Å². The molecule has 3 heterocycles. The molecule has 2 aromatic rings. The van der Waals surface area contributed by atoms with E-state index in [4.69, 9.17) is 4.74 Å². The number of hydrogen-bond acceptors (Lipinski definition) is 5. The lowest BCUT2D eigenvalue weighted by Crippen LogP contribution is -2.46. The van der Waals surface area contributed by atoms with E-state index in [-0.39, 0.29) is 0 Å². The molecule has 0 N–H and O–H groups in total. The number of aromatic nitrogens is 2. The minimum absolute atomic E-state index is 0.495. The Morgan fingerprint density at radius 3 is 2.58 bits per heavy atom. The largest absolute Gasteiger partial charge is 0.492 e. The lowest BCUT2D eigenvalue weighted by atomic mass is 10.2. The summed E-state index contributed by atoms with van der Waals surface area (Å²) in [4.78, 5) is 14.9. The second-order valence-electron chi connectivity index (χ2n) is 6.36. The number of piperazine rings is 1. The average molecular weight is 369 g/mol. The zero-order valence-electron chi connectivity index (χ0n) is 15.0. The summed E-state index contributed by atoms with van der Waals surface area (Å²) in [6, 6.07) is 10.6. The van der Waals surface area contributed by atoms with Crippen LogP contribution in [0.4, 0.5) is 5.95 Å². The monoisotopic (exact) mass is 368 g/mol. The first kappa shape index (κ1) is 17.1. The minimum Gasteiger partial charge on any atom is -0.492 e. The van der Waals surface area contributed by atoms with Crippen molar-refractivity contribution < 1.29 is 4.74 Å². The van der Waals surface area contributed by atoms with Gasteiger partial charge in [-0.05, 0) is 29.2 Å². The van der Waals surface area contributed by atoms with Crippen molar-refractivity contribution in [2.24, 2.45) is 0 Å². The van der Waals surface area contributed by atoms with E-state index in [1.807, 2.05) is 18.5 Å². The van der Waals surface area contributed by atoms with Crippen molar-refractivity contribution >= 4 is 16.8 Å². The molecule has 4 rings (SSSR count). The molecule has 0 bridgehead atoms. The van der Waals surface area contributed by atoms with Gasteiger partial charge in [-0.2, -0.15) is 0 Å². The van der Waals surface area contributed by atoms with Crippen LogP contribution >= 0.6 is 10.9 Å². The molecule has 2 aliphatic heterocycles. The van der Waals surface area contributed by atoms with Crippen LogP contribution in [0.5, 0.6) is 0 Å². The van der Waals surface area contributed by atoms with Gasteiger partial charge in [-0.25, -0.2) is 9.97 Å². The van der Waals surface area contributed by atoms with Crippen molar-refractivity contribution in [3.63, 3.8) is 0 Å². The summed E-state index contributed by atoms with van der Waals surface area (Å²) in [7, 11) is 1.27. The van der Waals surface area contributed by atoms with Crippen LogP contribution in [0.3, 0.4) is 0 Å². The highest BCUT2D eigenvalue weighted by Gasteiger charge is 2.21. The third kappa shape index (κ3) is 3.61. The Morgan fingerprint density at radius 2 is 1.81 bits per heavy atom. The van der Waals surface area contributed by atoms with E-state index in [2.05, 4.69) is 61.6 Å². The molecule has 26 heavy (non-hydrogen) atoms. The van der Waals surface area contributed by atoms with Gasteiger partial charge in [0.25, 0.3) is 0 Å². The van der Waals surface area contributed by atoms with Crippen LogP contribution in [0.25, 0.3) is 0 Å². The van der Waals surface area contributed by atoms with E-state index < -0.39 is 10.9 Å².